The predicted octanol–water partition coefficient (Wildman–Crippen LogP) is 3.44. The smallest absolute Gasteiger partial charge is 0.331 e. The van der Waals surface area contributed by atoms with E-state index in [1.54, 1.807) is 18.0 Å². The first kappa shape index (κ1) is 27.1. The van der Waals surface area contributed by atoms with E-state index in [1.807, 2.05) is 27.7 Å². The Morgan fingerprint density at radius 1 is 1.19 bits per heavy atom. The second kappa shape index (κ2) is 11.7. The van der Waals surface area contributed by atoms with Gasteiger partial charge in [-0.3, -0.25) is 14.5 Å². The number of rotatable bonds is 9. The van der Waals surface area contributed by atoms with Crippen LogP contribution in [0, 0.1) is 5.41 Å². The van der Waals surface area contributed by atoms with Crippen LogP contribution in [0.15, 0.2) is 11.6 Å². The first-order chi connectivity index (χ1) is 14.3. The van der Waals surface area contributed by atoms with E-state index >= 15 is 0 Å². The summed E-state index contributed by atoms with van der Waals surface area (Å²) >= 11 is 0. The van der Waals surface area contributed by atoms with Crippen molar-refractivity contribution in [3.8, 4) is 0 Å². The zero-order valence-electron chi connectivity index (χ0n) is 20.7. The van der Waals surface area contributed by atoms with Gasteiger partial charge >= 0.3 is 5.97 Å². The summed E-state index contributed by atoms with van der Waals surface area (Å²) in [6.45, 7) is 14.4. The van der Waals surface area contributed by atoms with Crippen molar-refractivity contribution in [3.63, 3.8) is 0 Å². The number of piperidine rings is 1. The summed E-state index contributed by atoms with van der Waals surface area (Å²) in [7, 11) is 1.68. The Morgan fingerprint density at radius 2 is 1.81 bits per heavy atom. The van der Waals surface area contributed by atoms with Gasteiger partial charge in [-0.1, -0.05) is 47.1 Å². The molecule has 1 aliphatic rings. The number of nitrogens with zero attached hydrogens (tertiary/aromatic N) is 2. The molecule has 0 aromatic heterocycles. The van der Waals surface area contributed by atoms with Crippen LogP contribution in [-0.2, 0) is 14.4 Å². The van der Waals surface area contributed by atoms with E-state index in [-0.39, 0.29) is 29.5 Å². The van der Waals surface area contributed by atoms with Gasteiger partial charge in [0.1, 0.15) is 6.04 Å². The molecule has 1 unspecified atom stereocenters. The molecule has 7 nitrogen and oxygen atoms in total. The van der Waals surface area contributed by atoms with Gasteiger partial charge in [-0.25, -0.2) is 4.79 Å². The van der Waals surface area contributed by atoms with Crippen LogP contribution in [0.1, 0.15) is 80.6 Å². The highest BCUT2D eigenvalue weighted by atomic mass is 16.4. The zero-order chi connectivity index (χ0) is 23.9. The number of hydrogen-bond donors (Lipinski definition) is 2. The van der Waals surface area contributed by atoms with Crippen LogP contribution in [0.5, 0.6) is 0 Å². The van der Waals surface area contributed by atoms with Crippen LogP contribution in [0.3, 0.4) is 0 Å². The molecule has 0 aromatic carbocycles. The van der Waals surface area contributed by atoms with Crippen molar-refractivity contribution in [2.24, 2.45) is 5.41 Å². The van der Waals surface area contributed by atoms with Crippen molar-refractivity contribution in [1.29, 1.82) is 0 Å². The van der Waals surface area contributed by atoms with Gasteiger partial charge in [0.25, 0.3) is 0 Å². The number of carbonyl (C=O) groups excluding carboxylic acids is 2. The molecule has 31 heavy (non-hydrogen) atoms. The predicted molar refractivity (Wildman–Crippen MR) is 124 cm³/mol. The van der Waals surface area contributed by atoms with Crippen LogP contribution in [0.2, 0.25) is 0 Å². The van der Waals surface area contributed by atoms with E-state index in [4.69, 9.17) is 0 Å². The Morgan fingerprint density at radius 3 is 2.29 bits per heavy atom. The first-order valence-corrected chi connectivity index (χ1v) is 11.6. The van der Waals surface area contributed by atoms with Crippen molar-refractivity contribution < 1.29 is 19.5 Å². The van der Waals surface area contributed by atoms with Crippen LogP contribution < -0.4 is 5.32 Å². The minimum Gasteiger partial charge on any atom is -0.478 e. The number of likely N-dealkylation sites (tertiary alicyclic amines) is 1. The first-order valence-electron chi connectivity index (χ1n) is 11.6. The van der Waals surface area contributed by atoms with Crippen LogP contribution in [-0.4, -0.2) is 70.4 Å². The van der Waals surface area contributed by atoms with Gasteiger partial charge in [-0.2, -0.15) is 0 Å². The molecule has 0 bridgehead atoms. The Balaban J connectivity index is 3.10. The molecule has 2 amide bonds. The highest BCUT2D eigenvalue weighted by Crippen LogP contribution is 2.25. The average molecular weight is 438 g/mol. The molecule has 1 saturated heterocycles. The number of aliphatic carboxylic acids is 1. The lowest BCUT2D eigenvalue weighted by Gasteiger charge is -2.41. The molecular formula is C24H43N3O4. The number of carboxylic acid groups (broad SMARTS) is 1. The van der Waals surface area contributed by atoms with E-state index in [9.17, 15) is 19.5 Å². The fraction of sp³-hybridized carbons (Fsp3) is 0.792. The summed E-state index contributed by atoms with van der Waals surface area (Å²) in [5.74, 6) is -1.29. The quantitative estimate of drug-likeness (QED) is 0.539. The molecule has 1 aliphatic heterocycles. The van der Waals surface area contributed by atoms with Gasteiger partial charge in [-0.05, 0) is 51.5 Å². The molecule has 0 saturated carbocycles. The highest BCUT2D eigenvalue weighted by Gasteiger charge is 2.39. The Hall–Kier alpha value is -1.89. The Kier molecular flexibility index (Phi) is 10.2. The van der Waals surface area contributed by atoms with Crippen molar-refractivity contribution in [2.75, 3.05) is 13.6 Å². The fourth-order valence-corrected chi connectivity index (χ4v) is 4.12. The molecule has 0 radical (unpaired) electrons. The lowest BCUT2D eigenvalue weighted by molar-refractivity contribution is -0.141. The van der Waals surface area contributed by atoms with Crippen molar-refractivity contribution >= 4 is 17.8 Å². The Labute approximate surface area is 188 Å². The van der Waals surface area contributed by atoms with E-state index in [0.717, 1.165) is 32.2 Å². The molecule has 2 N–H and O–H groups in total. The van der Waals surface area contributed by atoms with Gasteiger partial charge in [-0.15, -0.1) is 0 Å². The SMILES string of the molecule is CCC(C)N1CCCC[C@@H]1C(=O)N[C@H](C(=O)N(C)[C@H](/C=C(\C)C(=O)O)CC)C(C)(C)C. The largest absolute Gasteiger partial charge is 0.478 e. The molecule has 0 spiro atoms. The maximum atomic E-state index is 13.5. The maximum absolute atomic E-state index is 13.5. The molecule has 7 heteroatoms. The van der Waals surface area contributed by atoms with E-state index in [0.29, 0.717) is 12.5 Å². The van der Waals surface area contributed by atoms with Crippen LogP contribution >= 0.6 is 0 Å². The minimum absolute atomic E-state index is 0.0908. The topological polar surface area (TPSA) is 90.0 Å². The van der Waals surface area contributed by atoms with Crippen molar-refractivity contribution in [1.82, 2.24) is 15.1 Å². The number of amides is 2. The fourth-order valence-electron chi connectivity index (χ4n) is 4.12. The third kappa shape index (κ3) is 7.34. The number of nitrogens with one attached hydrogen (secondary N) is 1. The molecule has 1 heterocycles. The van der Waals surface area contributed by atoms with Crippen molar-refractivity contribution in [3.05, 3.63) is 11.6 Å². The third-order valence-electron chi connectivity index (χ3n) is 6.45. The Bertz CT molecular complexity index is 668. The number of likely N-dealkylation sites (N-methyl/N-ethyl adjacent to an activating group) is 1. The summed E-state index contributed by atoms with van der Waals surface area (Å²) in [5, 5.41) is 12.3. The van der Waals surface area contributed by atoms with E-state index in [2.05, 4.69) is 24.1 Å². The molecule has 4 atom stereocenters. The molecule has 1 fully saturated rings. The van der Waals surface area contributed by atoms with E-state index < -0.39 is 17.4 Å². The molecular weight excluding hydrogens is 394 g/mol. The maximum Gasteiger partial charge on any atom is 0.331 e. The van der Waals surface area contributed by atoms with Crippen LogP contribution in [0.25, 0.3) is 0 Å². The lowest BCUT2D eigenvalue weighted by Crippen LogP contribution is -2.60. The number of hydrogen-bond acceptors (Lipinski definition) is 4. The van der Waals surface area contributed by atoms with E-state index in [1.165, 1.54) is 6.92 Å². The standard InChI is InChI=1S/C24H43N3O4/c1-9-17(4)27-14-12-11-13-19(27)21(28)25-20(24(5,6)7)22(29)26(8)18(10-2)15-16(3)23(30)31/h15,17-20H,9-14H2,1-8H3,(H,25,28)(H,30,31)/b16-15+/t17?,18-,19+,20+/m0/s1. The van der Waals surface area contributed by atoms with Gasteiger partial charge < -0.3 is 15.3 Å². The zero-order valence-corrected chi connectivity index (χ0v) is 20.7. The highest BCUT2D eigenvalue weighted by molar-refractivity contribution is 5.91. The second-order valence-electron chi connectivity index (χ2n) is 9.89. The molecule has 178 valence electrons. The summed E-state index contributed by atoms with van der Waals surface area (Å²) in [5.41, 5.74) is -0.282. The summed E-state index contributed by atoms with van der Waals surface area (Å²) < 4.78 is 0. The lowest BCUT2D eigenvalue weighted by atomic mass is 9.85. The summed E-state index contributed by atoms with van der Waals surface area (Å²) in [6.07, 6.45) is 6.06. The molecule has 0 aromatic rings. The van der Waals surface area contributed by atoms with Gasteiger partial charge in [0, 0.05) is 18.7 Å². The number of carboxylic acids is 1. The van der Waals surface area contributed by atoms with Gasteiger partial charge in [0.05, 0.1) is 12.1 Å². The van der Waals surface area contributed by atoms with Crippen molar-refractivity contribution in [2.45, 2.75) is 105 Å². The molecule has 0 aliphatic carbocycles. The average Bonchev–Trinajstić information content (AvgIpc) is 2.72. The monoisotopic (exact) mass is 437 g/mol. The number of carbonyl (C=O) groups is 3. The normalized spacial score (nSPS) is 21.2. The second-order valence-corrected chi connectivity index (χ2v) is 9.89. The third-order valence-corrected chi connectivity index (χ3v) is 6.45. The summed E-state index contributed by atoms with van der Waals surface area (Å²) in [4.78, 5) is 41.8. The van der Waals surface area contributed by atoms with Crippen LogP contribution in [0.4, 0.5) is 0 Å². The van der Waals surface area contributed by atoms with Gasteiger partial charge in [0.15, 0.2) is 0 Å². The minimum atomic E-state index is -0.998. The molecule has 1 rings (SSSR count). The van der Waals surface area contributed by atoms with Gasteiger partial charge in [0.2, 0.25) is 11.8 Å². The summed E-state index contributed by atoms with van der Waals surface area (Å²) in [6, 6.07) is -0.950.